The summed E-state index contributed by atoms with van der Waals surface area (Å²) < 4.78 is 0. The molecule has 2 aromatic carbocycles. The number of aromatic hydroxyl groups is 2. The van der Waals surface area contributed by atoms with Crippen molar-refractivity contribution < 1.29 is 10.2 Å². The van der Waals surface area contributed by atoms with Crippen LogP contribution in [0.4, 0.5) is 0 Å². The van der Waals surface area contributed by atoms with Crippen molar-refractivity contribution >= 4 is 0 Å². The van der Waals surface area contributed by atoms with Crippen molar-refractivity contribution in [1.82, 2.24) is 4.90 Å². The van der Waals surface area contributed by atoms with E-state index in [1.54, 1.807) is 24.3 Å². The number of rotatable bonds is 12. The highest BCUT2D eigenvalue weighted by molar-refractivity contribution is 5.42. The summed E-state index contributed by atoms with van der Waals surface area (Å²) in [6.07, 6.45) is 7.14. The second-order valence-corrected chi connectivity index (χ2v) is 8.08. The van der Waals surface area contributed by atoms with Crippen molar-refractivity contribution in [3.63, 3.8) is 0 Å². The Kier molecular flexibility index (Phi) is 8.85. The van der Waals surface area contributed by atoms with Crippen LogP contribution in [0.2, 0.25) is 0 Å². The minimum absolute atomic E-state index is 0.150. The third-order valence-electron chi connectivity index (χ3n) is 5.82. The molecule has 0 fully saturated rings. The van der Waals surface area contributed by atoms with E-state index in [2.05, 4.69) is 25.7 Å². The van der Waals surface area contributed by atoms with Gasteiger partial charge in [0.15, 0.2) is 0 Å². The van der Waals surface area contributed by atoms with E-state index in [1.807, 2.05) is 24.3 Å². The molecule has 0 aliphatic heterocycles. The lowest BCUT2D eigenvalue weighted by Gasteiger charge is -2.32. The molecular weight excluding hydrogens is 346 g/mol. The Bertz CT molecular complexity index is 625. The summed E-state index contributed by atoms with van der Waals surface area (Å²) in [4.78, 5) is 2.61. The average molecular weight is 384 g/mol. The van der Waals surface area contributed by atoms with Crippen LogP contribution in [-0.4, -0.2) is 34.7 Å². The Labute approximate surface area is 171 Å². The molecule has 2 rings (SSSR count). The lowest BCUT2D eigenvalue weighted by atomic mass is 9.73. The number of nitrogens with zero attached hydrogens (tertiary/aromatic N) is 1. The number of hydrogen-bond acceptors (Lipinski definition) is 3. The van der Waals surface area contributed by atoms with Crippen molar-refractivity contribution in [2.75, 3.05) is 19.6 Å². The SMILES string of the molecule is CCCCN(CCCC)CCCC(C)(c1ccc(O)cc1)c1ccc(O)cc1. The quantitative estimate of drug-likeness (QED) is 0.466. The van der Waals surface area contributed by atoms with Gasteiger partial charge < -0.3 is 15.1 Å². The molecule has 28 heavy (non-hydrogen) atoms. The molecule has 0 saturated heterocycles. The average Bonchev–Trinajstić information content (AvgIpc) is 2.70. The van der Waals surface area contributed by atoms with E-state index in [0.717, 1.165) is 19.4 Å². The van der Waals surface area contributed by atoms with Gasteiger partial charge in [-0.3, -0.25) is 0 Å². The van der Waals surface area contributed by atoms with Gasteiger partial charge in [0.25, 0.3) is 0 Å². The number of benzene rings is 2. The predicted octanol–water partition coefficient (Wildman–Crippen LogP) is 6.09. The van der Waals surface area contributed by atoms with E-state index >= 15 is 0 Å². The molecule has 0 saturated carbocycles. The molecule has 3 nitrogen and oxygen atoms in total. The summed E-state index contributed by atoms with van der Waals surface area (Å²) in [5.41, 5.74) is 2.25. The molecule has 2 N–H and O–H groups in total. The molecule has 0 bridgehead atoms. The Morgan fingerprint density at radius 2 is 1.07 bits per heavy atom. The minimum Gasteiger partial charge on any atom is -0.508 e. The first-order valence-corrected chi connectivity index (χ1v) is 10.8. The van der Waals surface area contributed by atoms with Gasteiger partial charge in [-0.1, -0.05) is 57.9 Å². The van der Waals surface area contributed by atoms with E-state index < -0.39 is 0 Å². The van der Waals surface area contributed by atoms with Gasteiger partial charge in [-0.25, -0.2) is 0 Å². The third kappa shape index (κ3) is 6.27. The maximum Gasteiger partial charge on any atom is 0.115 e. The van der Waals surface area contributed by atoms with Crippen LogP contribution in [0.5, 0.6) is 11.5 Å². The van der Waals surface area contributed by atoms with Crippen LogP contribution in [-0.2, 0) is 5.41 Å². The van der Waals surface area contributed by atoms with Gasteiger partial charge in [0.1, 0.15) is 11.5 Å². The molecule has 0 unspecified atom stereocenters. The Balaban J connectivity index is 2.15. The lowest BCUT2D eigenvalue weighted by molar-refractivity contribution is 0.253. The summed E-state index contributed by atoms with van der Waals surface area (Å²) in [5.74, 6) is 0.587. The maximum absolute atomic E-state index is 9.70. The minimum atomic E-state index is -0.150. The Morgan fingerprint density at radius 3 is 1.46 bits per heavy atom. The van der Waals surface area contributed by atoms with Gasteiger partial charge in [-0.05, 0) is 80.7 Å². The van der Waals surface area contributed by atoms with Gasteiger partial charge in [0.2, 0.25) is 0 Å². The zero-order valence-corrected chi connectivity index (χ0v) is 17.8. The van der Waals surface area contributed by atoms with Crippen LogP contribution < -0.4 is 0 Å². The molecule has 154 valence electrons. The van der Waals surface area contributed by atoms with Crippen molar-refractivity contribution in [1.29, 1.82) is 0 Å². The van der Waals surface area contributed by atoms with E-state index in [4.69, 9.17) is 0 Å². The van der Waals surface area contributed by atoms with Crippen LogP contribution in [0.25, 0.3) is 0 Å². The molecule has 0 atom stereocenters. The van der Waals surface area contributed by atoms with Crippen molar-refractivity contribution in [3.05, 3.63) is 59.7 Å². The molecule has 0 aliphatic carbocycles. The lowest BCUT2D eigenvalue weighted by Crippen LogP contribution is -2.30. The second-order valence-electron chi connectivity index (χ2n) is 8.08. The summed E-state index contributed by atoms with van der Waals surface area (Å²) in [6.45, 7) is 10.3. The van der Waals surface area contributed by atoms with Crippen LogP contribution >= 0.6 is 0 Å². The normalized spacial score (nSPS) is 11.9. The molecule has 2 aromatic rings. The molecule has 3 heteroatoms. The largest absolute Gasteiger partial charge is 0.508 e. The standard InChI is InChI=1S/C25H37NO2/c1-4-6-18-26(19-7-5-2)20-8-17-25(3,21-9-13-23(27)14-10-21)22-11-15-24(28)16-12-22/h9-16,27-28H,4-8,17-20H2,1-3H3. The first-order valence-electron chi connectivity index (χ1n) is 10.8. The van der Waals surface area contributed by atoms with E-state index in [1.165, 1.54) is 49.9 Å². The van der Waals surface area contributed by atoms with Crippen molar-refractivity contribution in [2.24, 2.45) is 0 Å². The molecule has 0 amide bonds. The summed E-state index contributed by atoms with van der Waals surface area (Å²) >= 11 is 0. The summed E-state index contributed by atoms with van der Waals surface area (Å²) in [6, 6.07) is 15.2. The fourth-order valence-corrected chi connectivity index (χ4v) is 3.87. The molecular formula is C25H37NO2. The molecule has 0 aliphatic rings. The highest BCUT2D eigenvalue weighted by Gasteiger charge is 2.28. The fourth-order valence-electron chi connectivity index (χ4n) is 3.87. The van der Waals surface area contributed by atoms with Crippen molar-refractivity contribution in [2.45, 2.75) is 64.7 Å². The smallest absolute Gasteiger partial charge is 0.115 e. The Morgan fingerprint density at radius 1 is 0.679 bits per heavy atom. The van der Waals surface area contributed by atoms with E-state index in [9.17, 15) is 10.2 Å². The highest BCUT2D eigenvalue weighted by atomic mass is 16.3. The number of unbranched alkanes of at least 4 members (excludes halogenated alkanes) is 2. The van der Waals surface area contributed by atoms with Crippen molar-refractivity contribution in [3.8, 4) is 11.5 Å². The fraction of sp³-hybridized carbons (Fsp3) is 0.520. The Hall–Kier alpha value is -2.00. The van der Waals surface area contributed by atoms with E-state index in [0.29, 0.717) is 11.5 Å². The molecule has 0 heterocycles. The topological polar surface area (TPSA) is 43.7 Å². The van der Waals surface area contributed by atoms with Crippen LogP contribution in [0.3, 0.4) is 0 Å². The number of hydrogen-bond donors (Lipinski definition) is 2. The first-order chi connectivity index (χ1) is 13.5. The summed E-state index contributed by atoms with van der Waals surface area (Å²) in [5, 5.41) is 19.4. The maximum atomic E-state index is 9.70. The van der Waals surface area contributed by atoms with Gasteiger partial charge in [0.05, 0.1) is 0 Å². The van der Waals surface area contributed by atoms with Gasteiger partial charge in [0, 0.05) is 5.41 Å². The third-order valence-corrected chi connectivity index (χ3v) is 5.82. The van der Waals surface area contributed by atoms with Crippen LogP contribution in [0.15, 0.2) is 48.5 Å². The van der Waals surface area contributed by atoms with Gasteiger partial charge in [-0.2, -0.15) is 0 Å². The summed E-state index contributed by atoms with van der Waals surface area (Å²) in [7, 11) is 0. The first kappa shape index (κ1) is 22.3. The zero-order valence-electron chi connectivity index (χ0n) is 17.8. The van der Waals surface area contributed by atoms with Gasteiger partial charge in [-0.15, -0.1) is 0 Å². The van der Waals surface area contributed by atoms with Gasteiger partial charge >= 0.3 is 0 Å². The number of phenolic OH excluding ortho intramolecular Hbond substituents is 2. The highest BCUT2D eigenvalue weighted by Crippen LogP contribution is 2.37. The predicted molar refractivity (Wildman–Crippen MR) is 118 cm³/mol. The van der Waals surface area contributed by atoms with Crippen LogP contribution in [0.1, 0.15) is 70.4 Å². The van der Waals surface area contributed by atoms with Crippen LogP contribution in [0, 0.1) is 0 Å². The molecule has 0 aromatic heterocycles. The molecule has 0 radical (unpaired) electrons. The number of phenols is 2. The monoisotopic (exact) mass is 383 g/mol. The zero-order chi connectivity index (χ0) is 20.4. The second kappa shape index (κ2) is 11.1. The van der Waals surface area contributed by atoms with E-state index in [-0.39, 0.29) is 5.41 Å². The molecule has 0 spiro atoms.